The van der Waals surface area contributed by atoms with Gasteiger partial charge >= 0.3 is 0 Å². The van der Waals surface area contributed by atoms with E-state index >= 15 is 0 Å². The van der Waals surface area contributed by atoms with Crippen molar-refractivity contribution in [3.8, 4) is 0 Å². The highest BCUT2D eigenvalue weighted by Gasteiger charge is 2.21. The van der Waals surface area contributed by atoms with Gasteiger partial charge in [-0.1, -0.05) is 42.5 Å². The number of rotatable bonds is 3. The average molecular weight is 266 g/mol. The van der Waals surface area contributed by atoms with E-state index in [0.29, 0.717) is 6.04 Å². The molecule has 2 nitrogen and oxygen atoms in total. The van der Waals surface area contributed by atoms with Crippen molar-refractivity contribution in [2.75, 3.05) is 12.3 Å². The van der Waals surface area contributed by atoms with Crippen LogP contribution in [0.4, 0.5) is 5.69 Å². The zero-order chi connectivity index (χ0) is 13.9. The van der Waals surface area contributed by atoms with E-state index in [1.54, 1.807) is 0 Å². The molecular formula is C18H22N2. The van der Waals surface area contributed by atoms with Crippen molar-refractivity contribution in [3.63, 3.8) is 0 Å². The predicted octanol–water partition coefficient (Wildman–Crippen LogP) is 3.26. The smallest absolute Gasteiger partial charge is 0.0362 e. The molecule has 2 aromatic carbocycles. The van der Waals surface area contributed by atoms with Crippen LogP contribution in [-0.2, 0) is 19.4 Å². The molecule has 104 valence electrons. The van der Waals surface area contributed by atoms with E-state index in [1.807, 2.05) is 6.07 Å². The Labute approximate surface area is 121 Å². The highest BCUT2D eigenvalue weighted by Crippen LogP contribution is 2.26. The number of nitrogen functional groups attached to an aromatic ring is 1. The van der Waals surface area contributed by atoms with E-state index in [0.717, 1.165) is 31.6 Å². The van der Waals surface area contributed by atoms with Gasteiger partial charge in [-0.3, -0.25) is 4.90 Å². The van der Waals surface area contributed by atoms with Crippen molar-refractivity contribution >= 4 is 5.69 Å². The molecule has 0 saturated heterocycles. The summed E-state index contributed by atoms with van der Waals surface area (Å²) >= 11 is 0. The van der Waals surface area contributed by atoms with Gasteiger partial charge in [0.25, 0.3) is 0 Å². The van der Waals surface area contributed by atoms with Gasteiger partial charge in [0, 0.05) is 24.8 Å². The number of fused-ring (bicyclic) bond motifs is 1. The molecule has 0 fully saturated rings. The lowest BCUT2D eigenvalue weighted by Crippen LogP contribution is -2.39. The summed E-state index contributed by atoms with van der Waals surface area (Å²) in [4.78, 5) is 2.55. The largest absolute Gasteiger partial charge is 0.398 e. The van der Waals surface area contributed by atoms with E-state index < -0.39 is 0 Å². The van der Waals surface area contributed by atoms with Crippen LogP contribution < -0.4 is 5.73 Å². The van der Waals surface area contributed by atoms with Gasteiger partial charge in [0.05, 0.1) is 0 Å². The summed E-state index contributed by atoms with van der Waals surface area (Å²) in [6.07, 6.45) is 2.21. The number of anilines is 1. The summed E-state index contributed by atoms with van der Waals surface area (Å²) in [6.45, 7) is 4.43. The number of benzene rings is 2. The monoisotopic (exact) mass is 266 g/mol. The molecular weight excluding hydrogens is 244 g/mol. The molecule has 1 heterocycles. The molecule has 1 atom stereocenters. The molecule has 0 spiro atoms. The first-order valence-corrected chi connectivity index (χ1v) is 7.38. The minimum atomic E-state index is 0.546. The Hall–Kier alpha value is -1.80. The van der Waals surface area contributed by atoms with Gasteiger partial charge in [-0.2, -0.15) is 0 Å². The molecule has 1 aliphatic heterocycles. The van der Waals surface area contributed by atoms with Gasteiger partial charge in [-0.05, 0) is 42.5 Å². The molecule has 2 heteroatoms. The number of hydrogen-bond acceptors (Lipinski definition) is 2. The molecule has 0 bridgehead atoms. The normalized spacial score (nSPS) is 16.6. The van der Waals surface area contributed by atoms with Crippen LogP contribution in [0.5, 0.6) is 0 Å². The van der Waals surface area contributed by atoms with Gasteiger partial charge < -0.3 is 5.73 Å². The molecule has 1 unspecified atom stereocenters. The summed E-state index contributed by atoms with van der Waals surface area (Å²) in [5, 5.41) is 0. The Balaban J connectivity index is 1.72. The number of nitrogens with two attached hydrogens (primary N) is 1. The third-order valence-electron chi connectivity index (χ3n) is 4.34. The zero-order valence-corrected chi connectivity index (χ0v) is 12.0. The van der Waals surface area contributed by atoms with Gasteiger partial charge in [-0.15, -0.1) is 0 Å². The SMILES string of the molecule is CC(Cc1ccccc1)N1CCc2cccc(N)c2C1. The highest BCUT2D eigenvalue weighted by molar-refractivity contribution is 5.51. The van der Waals surface area contributed by atoms with Gasteiger partial charge in [0.15, 0.2) is 0 Å². The molecule has 1 aliphatic rings. The molecule has 3 rings (SSSR count). The Kier molecular flexibility index (Phi) is 3.75. The third kappa shape index (κ3) is 2.70. The Morgan fingerprint density at radius 1 is 1.10 bits per heavy atom. The van der Waals surface area contributed by atoms with Gasteiger partial charge in [0.2, 0.25) is 0 Å². The maximum Gasteiger partial charge on any atom is 0.0362 e. The van der Waals surface area contributed by atoms with Crippen LogP contribution in [0.2, 0.25) is 0 Å². The van der Waals surface area contributed by atoms with Crippen molar-refractivity contribution in [3.05, 3.63) is 65.2 Å². The lowest BCUT2D eigenvalue weighted by molar-refractivity contribution is 0.190. The first-order chi connectivity index (χ1) is 9.74. The topological polar surface area (TPSA) is 29.3 Å². The van der Waals surface area contributed by atoms with Crippen LogP contribution in [-0.4, -0.2) is 17.5 Å². The maximum atomic E-state index is 6.13. The van der Waals surface area contributed by atoms with E-state index in [4.69, 9.17) is 5.73 Å². The van der Waals surface area contributed by atoms with Crippen LogP contribution >= 0.6 is 0 Å². The predicted molar refractivity (Wildman–Crippen MR) is 84.6 cm³/mol. The van der Waals surface area contributed by atoms with E-state index in [9.17, 15) is 0 Å². The molecule has 0 saturated carbocycles. The minimum absolute atomic E-state index is 0.546. The molecule has 0 amide bonds. The van der Waals surface area contributed by atoms with Gasteiger partial charge in [-0.25, -0.2) is 0 Å². The van der Waals surface area contributed by atoms with Crippen LogP contribution in [0.25, 0.3) is 0 Å². The molecule has 0 radical (unpaired) electrons. The molecule has 2 N–H and O–H groups in total. The molecule has 2 aromatic rings. The van der Waals surface area contributed by atoms with E-state index in [1.165, 1.54) is 16.7 Å². The second-order valence-electron chi connectivity index (χ2n) is 5.74. The van der Waals surface area contributed by atoms with Crippen LogP contribution in [0.3, 0.4) is 0 Å². The summed E-state index contributed by atoms with van der Waals surface area (Å²) in [5.74, 6) is 0. The first kappa shape index (κ1) is 13.2. The summed E-state index contributed by atoms with van der Waals surface area (Å²) in [6, 6.07) is 17.6. The lowest BCUT2D eigenvalue weighted by Gasteiger charge is -2.34. The second-order valence-corrected chi connectivity index (χ2v) is 5.74. The first-order valence-electron chi connectivity index (χ1n) is 7.38. The fraction of sp³-hybridized carbons (Fsp3) is 0.333. The fourth-order valence-electron chi connectivity index (χ4n) is 3.09. The molecule has 20 heavy (non-hydrogen) atoms. The van der Waals surface area contributed by atoms with Crippen molar-refractivity contribution in [1.29, 1.82) is 0 Å². The number of nitrogens with zero attached hydrogens (tertiary/aromatic N) is 1. The summed E-state index contributed by atoms with van der Waals surface area (Å²) in [5.41, 5.74) is 11.2. The quantitative estimate of drug-likeness (QED) is 0.864. The summed E-state index contributed by atoms with van der Waals surface area (Å²) in [7, 11) is 0. The van der Waals surface area contributed by atoms with Crippen molar-refractivity contribution < 1.29 is 0 Å². The fourth-order valence-corrected chi connectivity index (χ4v) is 3.09. The van der Waals surface area contributed by atoms with E-state index in [2.05, 4.69) is 54.3 Å². The second kappa shape index (κ2) is 5.68. The standard InChI is InChI=1S/C18H22N2/c1-14(12-15-6-3-2-4-7-15)20-11-10-16-8-5-9-18(19)17(16)13-20/h2-9,14H,10-13,19H2,1H3. The van der Waals surface area contributed by atoms with Crippen LogP contribution in [0.1, 0.15) is 23.6 Å². The van der Waals surface area contributed by atoms with Crippen molar-refractivity contribution in [1.82, 2.24) is 4.90 Å². The van der Waals surface area contributed by atoms with Crippen molar-refractivity contribution in [2.24, 2.45) is 0 Å². The van der Waals surface area contributed by atoms with Crippen LogP contribution in [0.15, 0.2) is 48.5 Å². The Bertz CT molecular complexity index is 577. The Morgan fingerprint density at radius 3 is 2.70 bits per heavy atom. The average Bonchev–Trinajstić information content (AvgIpc) is 2.48. The third-order valence-corrected chi connectivity index (χ3v) is 4.34. The lowest BCUT2D eigenvalue weighted by atomic mass is 9.96. The zero-order valence-electron chi connectivity index (χ0n) is 12.0. The maximum absolute atomic E-state index is 6.13. The summed E-state index contributed by atoms with van der Waals surface area (Å²) < 4.78 is 0. The molecule has 0 aliphatic carbocycles. The molecule has 0 aromatic heterocycles. The van der Waals surface area contributed by atoms with Gasteiger partial charge in [0.1, 0.15) is 0 Å². The highest BCUT2D eigenvalue weighted by atomic mass is 15.2. The van der Waals surface area contributed by atoms with Crippen molar-refractivity contribution in [2.45, 2.75) is 32.4 Å². The minimum Gasteiger partial charge on any atom is -0.398 e. The Morgan fingerprint density at radius 2 is 1.90 bits per heavy atom. The van der Waals surface area contributed by atoms with Crippen LogP contribution in [0, 0.1) is 0 Å². The van der Waals surface area contributed by atoms with E-state index in [-0.39, 0.29) is 0 Å². The number of hydrogen-bond donors (Lipinski definition) is 1.